The smallest absolute Gasteiger partial charge is 0.332 e. The van der Waals surface area contributed by atoms with Crippen LogP contribution >= 0.6 is 11.3 Å². The number of nitrogens with one attached hydrogen (secondary N) is 1. The molecule has 10 heteroatoms. The van der Waals surface area contributed by atoms with Gasteiger partial charge < -0.3 is 15.0 Å². The normalized spacial score (nSPS) is 13.7. The van der Waals surface area contributed by atoms with Gasteiger partial charge in [-0.15, -0.1) is 11.3 Å². The van der Waals surface area contributed by atoms with Gasteiger partial charge >= 0.3 is 5.69 Å². The van der Waals surface area contributed by atoms with Gasteiger partial charge in [-0.2, -0.15) is 0 Å². The number of hydrogen-bond donors (Lipinski definition) is 2. The molecule has 26 heavy (non-hydrogen) atoms. The zero-order valence-electron chi connectivity index (χ0n) is 14.6. The predicted octanol–water partition coefficient (Wildman–Crippen LogP) is -0.481. The second-order valence-electron chi connectivity index (χ2n) is 6.28. The first-order valence-electron chi connectivity index (χ1n) is 7.86. The van der Waals surface area contributed by atoms with Crippen LogP contribution in [0.1, 0.15) is 11.8 Å². The molecule has 3 heterocycles. The first kappa shape index (κ1) is 18.1. The van der Waals surface area contributed by atoms with E-state index in [1.54, 1.807) is 13.0 Å². The molecule has 9 nitrogen and oxygen atoms in total. The fraction of sp³-hybridized carbons (Fsp3) is 0.375. The van der Waals surface area contributed by atoms with E-state index < -0.39 is 16.9 Å². The number of imidazole rings is 1. The number of thiophene rings is 1. The van der Waals surface area contributed by atoms with Crippen molar-refractivity contribution in [3.63, 3.8) is 0 Å². The van der Waals surface area contributed by atoms with Crippen LogP contribution in [0.5, 0.6) is 0 Å². The van der Waals surface area contributed by atoms with Crippen molar-refractivity contribution in [3.8, 4) is 0 Å². The molecule has 0 saturated heterocycles. The molecule has 0 bridgehead atoms. The van der Waals surface area contributed by atoms with Crippen LogP contribution < -0.4 is 16.6 Å². The van der Waals surface area contributed by atoms with Crippen LogP contribution in [0.15, 0.2) is 33.4 Å². The Bertz CT molecular complexity index is 1070. The van der Waals surface area contributed by atoms with Gasteiger partial charge in [0.25, 0.3) is 5.56 Å². The Morgan fingerprint density at radius 2 is 2.08 bits per heavy atom. The summed E-state index contributed by atoms with van der Waals surface area (Å²) in [5.74, 6) is -0.378. The average molecular weight is 377 g/mol. The number of aryl methyl sites for hydroxylation is 1. The Morgan fingerprint density at radius 3 is 2.73 bits per heavy atom. The fourth-order valence-corrected chi connectivity index (χ4v) is 3.46. The van der Waals surface area contributed by atoms with Gasteiger partial charge in [-0.25, -0.2) is 9.78 Å². The number of aromatic nitrogens is 4. The van der Waals surface area contributed by atoms with Gasteiger partial charge in [-0.05, 0) is 18.4 Å². The molecule has 0 aliphatic rings. The van der Waals surface area contributed by atoms with Crippen molar-refractivity contribution in [3.05, 3.63) is 49.6 Å². The van der Waals surface area contributed by atoms with Crippen LogP contribution in [0.2, 0.25) is 0 Å². The van der Waals surface area contributed by atoms with Gasteiger partial charge in [0.05, 0.1) is 12.9 Å². The maximum atomic E-state index is 12.4. The molecule has 3 aromatic rings. The molecule has 3 rings (SSSR count). The summed E-state index contributed by atoms with van der Waals surface area (Å²) < 4.78 is 3.62. The van der Waals surface area contributed by atoms with Crippen molar-refractivity contribution >= 4 is 28.4 Å². The Hall–Kier alpha value is -2.72. The molecule has 0 fully saturated rings. The van der Waals surface area contributed by atoms with Crippen LogP contribution in [-0.4, -0.2) is 36.2 Å². The van der Waals surface area contributed by atoms with E-state index in [0.29, 0.717) is 0 Å². The Morgan fingerprint density at radius 1 is 1.35 bits per heavy atom. The summed E-state index contributed by atoms with van der Waals surface area (Å²) in [6.45, 7) is 1.51. The van der Waals surface area contributed by atoms with E-state index >= 15 is 0 Å². The van der Waals surface area contributed by atoms with E-state index in [1.807, 2.05) is 11.4 Å². The highest BCUT2D eigenvalue weighted by molar-refractivity contribution is 7.10. The molecule has 0 saturated carbocycles. The molecule has 0 aromatic carbocycles. The number of fused-ring (bicyclic) bond motifs is 1. The number of amides is 1. The molecule has 0 spiro atoms. The number of hydrogen-bond acceptors (Lipinski definition) is 6. The molecular weight excluding hydrogens is 358 g/mol. The maximum Gasteiger partial charge on any atom is 0.332 e. The monoisotopic (exact) mass is 377 g/mol. The lowest BCUT2D eigenvalue weighted by molar-refractivity contribution is -0.122. The second-order valence-corrected chi connectivity index (χ2v) is 7.23. The predicted molar refractivity (Wildman–Crippen MR) is 97.1 cm³/mol. The van der Waals surface area contributed by atoms with Gasteiger partial charge in [0.1, 0.15) is 12.1 Å². The largest absolute Gasteiger partial charge is 0.383 e. The molecule has 0 aliphatic heterocycles. The third-order valence-corrected chi connectivity index (χ3v) is 5.34. The summed E-state index contributed by atoms with van der Waals surface area (Å²) in [5, 5.41) is 15.0. The van der Waals surface area contributed by atoms with Crippen molar-refractivity contribution in [2.45, 2.75) is 19.1 Å². The van der Waals surface area contributed by atoms with Crippen LogP contribution in [0, 0.1) is 0 Å². The summed E-state index contributed by atoms with van der Waals surface area (Å²) in [6, 6.07) is 3.62. The quantitative estimate of drug-likeness (QED) is 0.624. The SMILES string of the molecule is Cn1c(=O)c2c(ncn2CC(=O)NCC(C)(O)c2cccs2)n(C)c1=O. The number of aliphatic hydroxyl groups is 1. The minimum absolute atomic E-state index is 0.0372. The minimum Gasteiger partial charge on any atom is -0.383 e. The van der Waals surface area contributed by atoms with Gasteiger partial charge in [-0.1, -0.05) is 6.07 Å². The third kappa shape index (κ3) is 3.08. The molecule has 138 valence electrons. The molecule has 2 N–H and O–H groups in total. The summed E-state index contributed by atoms with van der Waals surface area (Å²) in [5.41, 5.74) is -1.78. The highest BCUT2D eigenvalue weighted by atomic mass is 32.1. The number of carbonyl (C=O) groups excluding carboxylic acids is 1. The summed E-state index contributed by atoms with van der Waals surface area (Å²) in [7, 11) is 2.89. The Labute approximate surface area is 152 Å². The first-order chi connectivity index (χ1) is 12.2. The van der Waals surface area contributed by atoms with Gasteiger partial charge in [0.2, 0.25) is 5.91 Å². The van der Waals surface area contributed by atoms with Crippen LogP contribution in [-0.2, 0) is 31.0 Å². The van der Waals surface area contributed by atoms with Crippen molar-refractivity contribution in [1.82, 2.24) is 24.0 Å². The highest BCUT2D eigenvalue weighted by Gasteiger charge is 2.25. The van der Waals surface area contributed by atoms with Crippen molar-refractivity contribution in [2.75, 3.05) is 6.54 Å². The number of nitrogens with zero attached hydrogens (tertiary/aromatic N) is 4. The zero-order chi connectivity index (χ0) is 19.1. The lowest BCUT2D eigenvalue weighted by Crippen LogP contribution is -2.40. The van der Waals surface area contributed by atoms with E-state index in [1.165, 1.54) is 40.9 Å². The maximum absolute atomic E-state index is 12.4. The van der Waals surface area contributed by atoms with E-state index in [0.717, 1.165) is 9.44 Å². The zero-order valence-corrected chi connectivity index (χ0v) is 15.4. The van der Waals surface area contributed by atoms with E-state index in [2.05, 4.69) is 10.3 Å². The molecular formula is C16H19N5O4S. The van der Waals surface area contributed by atoms with E-state index in [4.69, 9.17) is 0 Å². The van der Waals surface area contributed by atoms with Crippen LogP contribution in [0.4, 0.5) is 0 Å². The second kappa shape index (κ2) is 6.54. The standard InChI is InChI=1S/C16H19N5O4S/c1-16(25,10-5-4-6-26-10)8-17-11(22)7-21-9-18-13-12(21)14(23)20(3)15(24)19(13)2/h4-6,9,25H,7-8H2,1-3H3,(H,17,22). The van der Waals surface area contributed by atoms with E-state index in [-0.39, 0.29) is 30.2 Å². The lowest BCUT2D eigenvalue weighted by Gasteiger charge is -2.22. The molecule has 1 unspecified atom stereocenters. The van der Waals surface area contributed by atoms with Crippen LogP contribution in [0.25, 0.3) is 11.2 Å². The van der Waals surface area contributed by atoms with Gasteiger partial charge in [0.15, 0.2) is 11.2 Å². The summed E-state index contributed by atoms with van der Waals surface area (Å²) in [6.07, 6.45) is 1.35. The molecule has 0 aliphatic carbocycles. The summed E-state index contributed by atoms with van der Waals surface area (Å²) >= 11 is 1.40. The van der Waals surface area contributed by atoms with Gasteiger partial charge in [0, 0.05) is 19.0 Å². The summed E-state index contributed by atoms with van der Waals surface area (Å²) in [4.78, 5) is 41.4. The fourth-order valence-electron chi connectivity index (χ4n) is 2.67. The highest BCUT2D eigenvalue weighted by Crippen LogP contribution is 2.24. The lowest BCUT2D eigenvalue weighted by atomic mass is 10.1. The molecule has 1 amide bonds. The molecule has 0 radical (unpaired) electrons. The van der Waals surface area contributed by atoms with Crippen molar-refractivity contribution in [1.29, 1.82) is 0 Å². The van der Waals surface area contributed by atoms with Crippen molar-refractivity contribution in [2.24, 2.45) is 14.1 Å². The Balaban J connectivity index is 1.80. The van der Waals surface area contributed by atoms with E-state index in [9.17, 15) is 19.5 Å². The average Bonchev–Trinajstić information content (AvgIpc) is 3.27. The first-order valence-corrected chi connectivity index (χ1v) is 8.74. The Kier molecular flexibility index (Phi) is 4.55. The van der Waals surface area contributed by atoms with Crippen molar-refractivity contribution < 1.29 is 9.90 Å². The molecule has 3 aromatic heterocycles. The number of carbonyl (C=O) groups is 1. The molecule has 1 atom stereocenters. The third-order valence-electron chi connectivity index (χ3n) is 4.21. The van der Waals surface area contributed by atoms with Gasteiger partial charge in [-0.3, -0.25) is 18.7 Å². The van der Waals surface area contributed by atoms with Crippen LogP contribution in [0.3, 0.4) is 0 Å². The topological polar surface area (TPSA) is 111 Å². The minimum atomic E-state index is -1.18. The number of rotatable bonds is 5.